The topological polar surface area (TPSA) is 96.1 Å². The van der Waals surface area contributed by atoms with Crippen molar-refractivity contribution in [3.63, 3.8) is 0 Å². The molecule has 0 aliphatic carbocycles. The third kappa shape index (κ3) is 4.51. The lowest BCUT2D eigenvalue weighted by Crippen LogP contribution is -2.69. The molecular weight excluding hydrogens is 520 g/mol. The van der Waals surface area contributed by atoms with E-state index < -0.39 is 12.1 Å². The average molecular weight is 561 g/mol. The van der Waals surface area contributed by atoms with Crippen molar-refractivity contribution in [2.75, 3.05) is 27.9 Å². The van der Waals surface area contributed by atoms with Crippen LogP contribution in [-0.4, -0.2) is 77.6 Å². The molecule has 2 amide bonds. The number of benzene rings is 2. The van der Waals surface area contributed by atoms with Crippen molar-refractivity contribution >= 4 is 22.7 Å². The molecular formula is C32H40N4O5. The number of amides is 2. The highest BCUT2D eigenvalue weighted by Crippen LogP contribution is 2.47. The molecule has 218 valence electrons. The molecule has 2 atom stereocenters. The lowest BCUT2D eigenvalue weighted by Gasteiger charge is -2.53. The Morgan fingerprint density at radius 2 is 1.54 bits per heavy atom. The minimum Gasteiger partial charge on any atom is -0.493 e. The minimum absolute atomic E-state index is 0.0106. The van der Waals surface area contributed by atoms with Crippen molar-refractivity contribution in [2.45, 2.75) is 76.2 Å². The highest BCUT2D eigenvalue weighted by atomic mass is 16.5. The zero-order valence-corrected chi connectivity index (χ0v) is 25.0. The number of rotatable bonds is 5. The molecule has 2 saturated heterocycles. The maximum atomic E-state index is 14.4. The monoisotopic (exact) mass is 560 g/mol. The molecule has 1 aromatic heterocycles. The summed E-state index contributed by atoms with van der Waals surface area (Å²) in [7, 11) is 4.72. The van der Waals surface area contributed by atoms with E-state index in [1.807, 2.05) is 35.2 Å². The fourth-order valence-corrected chi connectivity index (χ4v) is 7.69. The lowest BCUT2D eigenvalue weighted by atomic mass is 9.78. The van der Waals surface area contributed by atoms with Gasteiger partial charge in [0.1, 0.15) is 12.6 Å². The van der Waals surface area contributed by atoms with E-state index in [0.717, 1.165) is 40.6 Å². The zero-order chi connectivity index (χ0) is 29.3. The molecule has 3 aliphatic rings. The molecule has 2 unspecified atom stereocenters. The number of para-hydroxylation sites is 1. The van der Waals surface area contributed by atoms with E-state index in [0.29, 0.717) is 23.7 Å². The second kappa shape index (κ2) is 9.69. The van der Waals surface area contributed by atoms with Gasteiger partial charge in [-0.3, -0.25) is 9.59 Å². The number of H-pyrrole nitrogens is 1. The molecule has 2 aromatic carbocycles. The first-order valence-corrected chi connectivity index (χ1v) is 14.3. The molecule has 0 saturated carbocycles. The molecule has 3 aliphatic heterocycles. The quantitative estimate of drug-likeness (QED) is 0.486. The van der Waals surface area contributed by atoms with Gasteiger partial charge in [0, 0.05) is 40.1 Å². The normalized spacial score (nSPS) is 23.8. The number of carbonyl (C=O) groups excluding carboxylic acids is 2. The van der Waals surface area contributed by atoms with Gasteiger partial charge in [-0.25, -0.2) is 0 Å². The summed E-state index contributed by atoms with van der Waals surface area (Å²) in [4.78, 5) is 35.9. The number of piperidine rings is 1. The van der Waals surface area contributed by atoms with Gasteiger partial charge in [-0.15, -0.1) is 0 Å². The van der Waals surface area contributed by atoms with E-state index in [1.165, 1.54) is 0 Å². The number of hydrogen-bond acceptors (Lipinski definition) is 6. The van der Waals surface area contributed by atoms with Crippen molar-refractivity contribution in [1.29, 1.82) is 0 Å². The van der Waals surface area contributed by atoms with Crippen LogP contribution in [0.25, 0.3) is 10.9 Å². The van der Waals surface area contributed by atoms with Gasteiger partial charge in [-0.1, -0.05) is 18.2 Å². The van der Waals surface area contributed by atoms with Gasteiger partial charge in [0.2, 0.25) is 17.6 Å². The van der Waals surface area contributed by atoms with E-state index in [2.05, 4.69) is 44.1 Å². The molecule has 41 heavy (non-hydrogen) atoms. The average Bonchev–Trinajstić information content (AvgIpc) is 3.29. The van der Waals surface area contributed by atoms with Gasteiger partial charge < -0.3 is 34.3 Å². The molecule has 6 rings (SSSR count). The Kier molecular flexibility index (Phi) is 6.48. The molecule has 0 spiro atoms. The molecule has 2 fully saturated rings. The summed E-state index contributed by atoms with van der Waals surface area (Å²) in [5.74, 6) is 1.42. The van der Waals surface area contributed by atoms with E-state index in [9.17, 15) is 9.59 Å². The van der Waals surface area contributed by atoms with Gasteiger partial charge in [-0.2, -0.15) is 0 Å². The molecule has 4 heterocycles. The zero-order valence-electron chi connectivity index (χ0n) is 25.0. The van der Waals surface area contributed by atoms with Crippen LogP contribution in [0.5, 0.6) is 17.2 Å². The Morgan fingerprint density at radius 3 is 2.15 bits per heavy atom. The maximum absolute atomic E-state index is 14.4. The number of hydrogen-bond donors (Lipinski definition) is 2. The number of piperazine rings is 1. The predicted molar refractivity (Wildman–Crippen MR) is 157 cm³/mol. The summed E-state index contributed by atoms with van der Waals surface area (Å²) in [6.07, 6.45) is 2.03. The molecule has 9 nitrogen and oxygen atoms in total. The second-order valence-electron chi connectivity index (χ2n) is 12.9. The van der Waals surface area contributed by atoms with Crippen molar-refractivity contribution in [2.24, 2.45) is 0 Å². The van der Waals surface area contributed by atoms with E-state index in [1.54, 1.807) is 26.2 Å². The van der Waals surface area contributed by atoms with Crippen LogP contribution in [-0.2, 0) is 16.0 Å². The summed E-state index contributed by atoms with van der Waals surface area (Å²) < 4.78 is 16.9. The summed E-state index contributed by atoms with van der Waals surface area (Å²) in [6, 6.07) is 10.7. The Hall–Kier alpha value is -3.72. The van der Waals surface area contributed by atoms with Crippen LogP contribution in [0.1, 0.15) is 63.4 Å². The highest BCUT2D eigenvalue weighted by Gasteiger charge is 2.51. The van der Waals surface area contributed by atoms with Crippen LogP contribution in [0.3, 0.4) is 0 Å². The number of fused-ring (bicyclic) bond motifs is 4. The standard InChI is InChI=1S/C32H40N4O5/c1-31(2)15-19(16-32(3,4)34-31)35-17-26(37)36-23(30(35)38)14-21-20-10-8-9-11-22(20)33-27(21)28(36)18-12-24(39-5)29(41-7)25(13-18)40-6/h8-13,19,23,28,33-34H,14-17H2,1-7H3. The number of carbonyl (C=O) groups is 2. The summed E-state index contributed by atoms with van der Waals surface area (Å²) >= 11 is 0. The Labute approximate surface area is 241 Å². The number of aromatic nitrogens is 1. The van der Waals surface area contributed by atoms with E-state index in [-0.39, 0.29) is 35.5 Å². The van der Waals surface area contributed by atoms with E-state index in [4.69, 9.17) is 14.2 Å². The Bertz CT molecular complexity index is 1480. The SMILES string of the molecule is COc1cc(C2c3[nH]c4ccccc4c3CC3C(=O)N(C4CC(C)(C)NC(C)(C)C4)CC(=O)N32)cc(OC)c1OC. The third-order valence-corrected chi connectivity index (χ3v) is 8.91. The van der Waals surface area contributed by atoms with Crippen molar-refractivity contribution < 1.29 is 23.8 Å². The van der Waals surface area contributed by atoms with Crippen LogP contribution in [0.2, 0.25) is 0 Å². The van der Waals surface area contributed by atoms with Gasteiger partial charge in [0.25, 0.3) is 0 Å². The first-order chi connectivity index (χ1) is 19.5. The first kappa shape index (κ1) is 27.4. The first-order valence-electron chi connectivity index (χ1n) is 14.3. The summed E-state index contributed by atoms with van der Waals surface area (Å²) in [6.45, 7) is 8.74. The number of methoxy groups -OCH3 is 3. The second-order valence-corrected chi connectivity index (χ2v) is 12.9. The molecule has 2 N–H and O–H groups in total. The fraction of sp³-hybridized carbons (Fsp3) is 0.500. The van der Waals surface area contributed by atoms with Crippen molar-refractivity contribution in [1.82, 2.24) is 20.1 Å². The van der Waals surface area contributed by atoms with E-state index >= 15 is 0 Å². The van der Waals surface area contributed by atoms with Crippen LogP contribution in [0, 0.1) is 0 Å². The number of nitrogens with zero attached hydrogens (tertiary/aromatic N) is 2. The van der Waals surface area contributed by atoms with Crippen LogP contribution in [0.15, 0.2) is 36.4 Å². The van der Waals surface area contributed by atoms with Crippen LogP contribution < -0.4 is 19.5 Å². The van der Waals surface area contributed by atoms with Gasteiger partial charge in [-0.05, 0) is 69.9 Å². The largest absolute Gasteiger partial charge is 0.493 e. The van der Waals surface area contributed by atoms with Crippen molar-refractivity contribution in [3.05, 3.63) is 53.2 Å². The van der Waals surface area contributed by atoms with Crippen LogP contribution >= 0.6 is 0 Å². The highest BCUT2D eigenvalue weighted by molar-refractivity contribution is 5.98. The summed E-state index contributed by atoms with van der Waals surface area (Å²) in [5.41, 5.74) is 3.44. The maximum Gasteiger partial charge on any atom is 0.246 e. The van der Waals surface area contributed by atoms with Crippen molar-refractivity contribution in [3.8, 4) is 17.2 Å². The Balaban J connectivity index is 1.49. The minimum atomic E-state index is -0.617. The summed E-state index contributed by atoms with van der Waals surface area (Å²) in [5, 5.41) is 4.77. The predicted octanol–water partition coefficient (Wildman–Crippen LogP) is 4.19. The number of ether oxygens (including phenoxy) is 3. The molecule has 3 aromatic rings. The van der Waals surface area contributed by atoms with Gasteiger partial charge >= 0.3 is 0 Å². The molecule has 0 radical (unpaired) electrons. The van der Waals surface area contributed by atoms with Crippen LogP contribution in [0.4, 0.5) is 0 Å². The number of aromatic amines is 1. The Morgan fingerprint density at radius 1 is 0.902 bits per heavy atom. The number of nitrogens with one attached hydrogen (secondary N) is 2. The van der Waals surface area contributed by atoms with Gasteiger partial charge in [0.05, 0.1) is 27.4 Å². The third-order valence-electron chi connectivity index (χ3n) is 8.91. The van der Waals surface area contributed by atoms with Gasteiger partial charge in [0.15, 0.2) is 11.5 Å². The molecule has 0 bridgehead atoms. The molecule has 9 heteroatoms. The fourth-order valence-electron chi connectivity index (χ4n) is 7.69. The lowest BCUT2D eigenvalue weighted by molar-refractivity contribution is -0.162. The smallest absolute Gasteiger partial charge is 0.246 e.